The van der Waals surface area contributed by atoms with Crippen LogP contribution in [0.5, 0.6) is 5.75 Å². The van der Waals surface area contributed by atoms with Gasteiger partial charge in [0.1, 0.15) is 3.70 Å². The fourth-order valence-electron chi connectivity index (χ4n) is 1.00. The average Bonchev–Trinajstić information content (AvgIpc) is 2.11. The monoisotopic (exact) mass is 432 g/mol. The van der Waals surface area contributed by atoms with Crippen LogP contribution >= 0.6 is 33.3 Å². The lowest BCUT2D eigenvalue weighted by Gasteiger charge is -2.10. The van der Waals surface area contributed by atoms with E-state index in [0.29, 0.717) is 6.07 Å². The first-order valence-electron chi connectivity index (χ1n) is 3.97. The predicted molar refractivity (Wildman–Crippen MR) is 63.3 cm³/mol. The summed E-state index contributed by atoms with van der Waals surface area (Å²) in [6.45, 7) is 0. The van der Waals surface area contributed by atoms with Crippen LogP contribution in [-0.4, -0.2) is 24.7 Å². The van der Waals surface area contributed by atoms with Gasteiger partial charge in [0.25, 0.3) is 14.1 Å². The van der Waals surface area contributed by atoms with Crippen molar-refractivity contribution in [3.63, 3.8) is 0 Å². The van der Waals surface area contributed by atoms with Gasteiger partial charge in [0.15, 0.2) is 0 Å². The molecule has 0 saturated carbocycles. The number of nitro groups is 1. The van der Waals surface area contributed by atoms with E-state index in [-0.39, 0.29) is 3.70 Å². The minimum absolute atomic E-state index is 0.276. The second-order valence-corrected chi connectivity index (χ2v) is 6.43. The molecule has 0 saturated heterocycles. The summed E-state index contributed by atoms with van der Waals surface area (Å²) in [6.07, 6.45) is -5.23. The fraction of sp³-hybridized carbons (Fsp3) is 0.167. The van der Waals surface area contributed by atoms with E-state index in [0.717, 1.165) is 0 Å². The molecule has 0 spiro atoms. The van der Waals surface area contributed by atoms with Gasteiger partial charge in [0.2, 0.25) is 5.75 Å². The lowest BCUT2D eigenvalue weighted by Crippen LogP contribution is -2.19. The highest BCUT2D eigenvalue weighted by molar-refractivity contribution is 14.1. The lowest BCUT2D eigenvalue weighted by atomic mass is 10.4. The number of hydrogen-bond acceptors (Lipinski definition) is 6. The quantitative estimate of drug-likeness (QED) is 0.239. The van der Waals surface area contributed by atoms with Crippen LogP contribution in [0.4, 0.5) is 18.9 Å². The molecule has 7 nitrogen and oxygen atoms in total. The molecule has 0 aromatic carbocycles. The van der Waals surface area contributed by atoms with Crippen molar-refractivity contribution in [2.45, 2.75) is 11.4 Å². The average molecular weight is 433 g/mol. The van der Waals surface area contributed by atoms with Gasteiger partial charge in [-0.15, -0.1) is 13.2 Å². The van der Waals surface area contributed by atoms with Gasteiger partial charge in [0.05, 0.1) is 4.92 Å². The summed E-state index contributed by atoms with van der Waals surface area (Å²) in [6, 6.07) is 0.567. The summed E-state index contributed by atoms with van der Waals surface area (Å²) < 4.78 is 61.6. The van der Waals surface area contributed by atoms with E-state index in [1.807, 2.05) is 0 Å². The van der Waals surface area contributed by atoms with Crippen LogP contribution in [0.3, 0.4) is 0 Å². The van der Waals surface area contributed by atoms with Gasteiger partial charge in [0, 0.05) is 16.7 Å². The van der Waals surface area contributed by atoms with E-state index in [4.69, 9.17) is 10.7 Å². The highest BCUT2D eigenvalue weighted by atomic mass is 127. The molecule has 1 rings (SSSR count). The zero-order valence-corrected chi connectivity index (χ0v) is 12.0. The zero-order valence-electron chi connectivity index (χ0n) is 8.31. The molecular weight excluding hydrogens is 431 g/mol. The Morgan fingerprint density at radius 2 is 2.00 bits per heavy atom. The van der Waals surface area contributed by atoms with Crippen LogP contribution in [0.2, 0.25) is 0 Å². The Morgan fingerprint density at radius 1 is 1.47 bits per heavy atom. The molecule has 0 N–H and O–H groups in total. The summed E-state index contributed by atoms with van der Waals surface area (Å²) in [7, 11) is 0.176. The first-order valence-corrected chi connectivity index (χ1v) is 7.36. The molecule has 19 heavy (non-hydrogen) atoms. The Kier molecular flexibility index (Phi) is 4.46. The predicted octanol–water partition coefficient (Wildman–Crippen LogP) is 2.42. The third kappa shape index (κ3) is 4.31. The maximum Gasteiger partial charge on any atom is 0.573 e. The molecule has 13 heteroatoms. The number of pyridine rings is 1. The van der Waals surface area contributed by atoms with Gasteiger partial charge >= 0.3 is 12.0 Å². The third-order valence-corrected chi connectivity index (χ3v) is 3.27. The van der Waals surface area contributed by atoms with Crippen LogP contribution in [0.15, 0.2) is 11.1 Å². The molecule has 0 aliphatic carbocycles. The number of aromatic nitrogens is 1. The number of rotatable bonds is 3. The van der Waals surface area contributed by atoms with Gasteiger partial charge in [-0.2, -0.15) is 0 Å². The summed E-state index contributed by atoms with van der Waals surface area (Å²) in [4.78, 5) is 12.5. The number of halogens is 5. The smallest absolute Gasteiger partial charge is 0.398 e. The molecule has 1 heterocycles. The van der Waals surface area contributed by atoms with Crippen LogP contribution in [-0.2, 0) is 9.05 Å². The van der Waals surface area contributed by atoms with Crippen molar-refractivity contribution in [3.05, 3.63) is 19.9 Å². The van der Waals surface area contributed by atoms with E-state index >= 15 is 0 Å². The van der Waals surface area contributed by atoms with Crippen molar-refractivity contribution in [2.24, 2.45) is 0 Å². The second kappa shape index (κ2) is 5.24. The summed E-state index contributed by atoms with van der Waals surface area (Å²) in [5, 5.41) is 9.36. The largest absolute Gasteiger partial charge is 0.573 e. The number of ether oxygens (including phenoxy) is 1. The van der Waals surface area contributed by atoms with Crippen molar-refractivity contribution in [1.29, 1.82) is 0 Å². The fourth-order valence-corrected chi connectivity index (χ4v) is 2.63. The van der Waals surface area contributed by atoms with Gasteiger partial charge < -0.3 is 4.74 Å². The van der Waals surface area contributed by atoms with Gasteiger partial charge in [-0.1, -0.05) is 0 Å². The molecule has 106 valence electrons. The zero-order chi connectivity index (χ0) is 15.0. The highest BCUT2D eigenvalue weighted by Crippen LogP contribution is 2.38. The molecule has 1 aromatic rings. The normalized spacial score (nSPS) is 12.3. The first-order chi connectivity index (χ1) is 8.42. The molecule has 0 aliphatic heterocycles. The van der Waals surface area contributed by atoms with Crippen molar-refractivity contribution in [3.8, 4) is 5.75 Å². The lowest BCUT2D eigenvalue weighted by molar-refractivity contribution is -0.392. The maximum absolute atomic E-state index is 12.1. The standard InChI is InChI=1S/C6HClF3IN2O5S/c7-19(16,17)5-4(13(14)15)2(1-3(11)12-5)18-6(8,9)10/h1H. The number of nitrogens with zero attached hydrogens (tertiary/aromatic N) is 2. The molecule has 1 aromatic heterocycles. The first kappa shape index (κ1) is 16.2. The highest BCUT2D eigenvalue weighted by Gasteiger charge is 2.39. The third-order valence-electron chi connectivity index (χ3n) is 1.53. The molecular formula is C6HClF3IN2O5S. The van der Waals surface area contributed by atoms with E-state index < -0.39 is 36.8 Å². The molecule has 0 radical (unpaired) electrons. The van der Waals surface area contributed by atoms with Gasteiger partial charge in [-0.05, 0) is 22.6 Å². The van der Waals surface area contributed by atoms with Gasteiger partial charge in [-0.25, -0.2) is 13.4 Å². The summed E-state index contributed by atoms with van der Waals surface area (Å²) in [5.41, 5.74) is -1.48. The van der Waals surface area contributed by atoms with E-state index in [9.17, 15) is 31.7 Å². The van der Waals surface area contributed by atoms with Crippen LogP contribution < -0.4 is 4.74 Å². The summed E-state index contributed by atoms with van der Waals surface area (Å²) in [5.74, 6) is -1.31. The van der Waals surface area contributed by atoms with E-state index in [1.54, 1.807) is 0 Å². The molecule has 0 aliphatic rings. The van der Waals surface area contributed by atoms with E-state index in [2.05, 4.69) is 9.72 Å². The number of hydrogen-bond donors (Lipinski definition) is 0. The van der Waals surface area contributed by atoms with Gasteiger partial charge in [-0.3, -0.25) is 10.1 Å². The van der Waals surface area contributed by atoms with E-state index in [1.165, 1.54) is 22.6 Å². The Labute approximate surface area is 121 Å². The Balaban J connectivity index is 3.64. The molecule has 0 unspecified atom stereocenters. The van der Waals surface area contributed by atoms with Crippen LogP contribution in [0.25, 0.3) is 0 Å². The molecule has 0 amide bonds. The Morgan fingerprint density at radius 3 is 2.37 bits per heavy atom. The Bertz CT molecular complexity index is 634. The molecule has 0 fully saturated rings. The van der Waals surface area contributed by atoms with Crippen molar-refractivity contribution < 1.29 is 31.2 Å². The summed E-state index contributed by atoms with van der Waals surface area (Å²) >= 11 is 1.36. The van der Waals surface area contributed by atoms with Crippen molar-refractivity contribution >= 4 is 48.0 Å². The van der Waals surface area contributed by atoms with Crippen LogP contribution in [0.1, 0.15) is 0 Å². The maximum atomic E-state index is 12.1. The van der Waals surface area contributed by atoms with Crippen molar-refractivity contribution in [1.82, 2.24) is 4.98 Å². The van der Waals surface area contributed by atoms with Crippen molar-refractivity contribution in [2.75, 3.05) is 0 Å². The topological polar surface area (TPSA) is 99.4 Å². The molecule has 0 atom stereocenters. The SMILES string of the molecule is O=[N+]([O-])c1c(OC(F)(F)F)cc(I)nc1S(=O)(=O)Cl. The number of alkyl halides is 3. The Hall–Kier alpha value is -0.890. The second-order valence-electron chi connectivity index (χ2n) is 2.84. The minimum atomic E-state index is -5.23. The van der Waals surface area contributed by atoms with Crippen LogP contribution in [0, 0.1) is 13.8 Å². The minimum Gasteiger partial charge on any atom is -0.398 e. The molecule has 0 bridgehead atoms.